The largest absolute Gasteiger partial charge is 0.493 e. The number of carbonyl (C=O) groups excluding carboxylic acids is 1. The van der Waals surface area contributed by atoms with E-state index in [0.717, 1.165) is 0 Å². The van der Waals surface area contributed by atoms with E-state index in [9.17, 15) is 14.9 Å². The predicted molar refractivity (Wildman–Crippen MR) is 98.0 cm³/mol. The summed E-state index contributed by atoms with van der Waals surface area (Å²) >= 11 is 0. The van der Waals surface area contributed by atoms with Crippen LogP contribution in [0.5, 0.6) is 11.5 Å². The van der Waals surface area contributed by atoms with Crippen LogP contribution in [0, 0.1) is 10.1 Å². The molecule has 0 fully saturated rings. The Balaban J connectivity index is 1.80. The van der Waals surface area contributed by atoms with Crippen molar-refractivity contribution in [3.63, 3.8) is 0 Å². The number of benzene rings is 1. The van der Waals surface area contributed by atoms with Crippen molar-refractivity contribution in [3.05, 3.63) is 52.7 Å². The summed E-state index contributed by atoms with van der Waals surface area (Å²) in [6.45, 7) is 1.79. The summed E-state index contributed by atoms with van der Waals surface area (Å²) < 4.78 is 15.8. The fraction of sp³-hybridized carbons (Fsp3) is 0.333. The number of aromatic nitrogens is 1. The van der Waals surface area contributed by atoms with E-state index in [-0.39, 0.29) is 24.9 Å². The Kier molecular flexibility index (Phi) is 7.36. The van der Waals surface area contributed by atoms with Gasteiger partial charge < -0.3 is 19.5 Å². The van der Waals surface area contributed by atoms with Crippen molar-refractivity contribution in [3.8, 4) is 11.5 Å². The molecular formula is C18H21N3O6. The lowest BCUT2D eigenvalue weighted by molar-refractivity contribution is -0.385. The number of carbonyl (C=O) groups is 1. The van der Waals surface area contributed by atoms with Crippen LogP contribution < -0.4 is 14.8 Å². The Morgan fingerprint density at radius 2 is 2.00 bits per heavy atom. The van der Waals surface area contributed by atoms with Gasteiger partial charge >= 0.3 is 5.97 Å². The van der Waals surface area contributed by atoms with Gasteiger partial charge in [-0.2, -0.15) is 0 Å². The van der Waals surface area contributed by atoms with Crippen molar-refractivity contribution in [1.29, 1.82) is 0 Å². The molecule has 1 atom stereocenters. The Morgan fingerprint density at radius 3 is 2.59 bits per heavy atom. The van der Waals surface area contributed by atoms with Gasteiger partial charge in [0.05, 0.1) is 18.1 Å². The number of nitrogens with zero attached hydrogens (tertiary/aromatic N) is 2. The van der Waals surface area contributed by atoms with Gasteiger partial charge in [-0.1, -0.05) is 19.1 Å². The second-order valence-electron chi connectivity index (χ2n) is 5.53. The third-order valence-electron chi connectivity index (χ3n) is 3.66. The first kappa shape index (κ1) is 20.0. The van der Waals surface area contributed by atoms with Crippen LogP contribution in [0.25, 0.3) is 0 Å². The van der Waals surface area contributed by atoms with Crippen molar-refractivity contribution in [2.24, 2.45) is 0 Å². The molecule has 1 heterocycles. The Hall–Kier alpha value is -3.36. The van der Waals surface area contributed by atoms with Crippen LogP contribution in [0.3, 0.4) is 0 Å². The Morgan fingerprint density at radius 1 is 1.26 bits per heavy atom. The van der Waals surface area contributed by atoms with Crippen LogP contribution in [0.4, 0.5) is 11.5 Å². The van der Waals surface area contributed by atoms with Gasteiger partial charge in [0, 0.05) is 6.07 Å². The van der Waals surface area contributed by atoms with Crippen LogP contribution >= 0.6 is 0 Å². The lowest BCUT2D eigenvalue weighted by Gasteiger charge is -2.17. The molecule has 0 amide bonds. The highest BCUT2D eigenvalue weighted by molar-refractivity contribution is 5.71. The average molecular weight is 375 g/mol. The lowest BCUT2D eigenvalue weighted by atomic mass is 10.2. The van der Waals surface area contributed by atoms with Crippen molar-refractivity contribution in [2.45, 2.75) is 19.4 Å². The number of para-hydroxylation sites is 2. The summed E-state index contributed by atoms with van der Waals surface area (Å²) in [5.74, 6) is 0.937. The monoisotopic (exact) mass is 375 g/mol. The van der Waals surface area contributed by atoms with E-state index >= 15 is 0 Å². The minimum absolute atomic E-state index is 0.0893. The normalized spacial score (nSPS) is 11.3. The fourth-order valence-corrected chi connectivity index (χ4v) is 2.16. The molecule has 27 heavy (non-hydrogen) atoms. The highest BCUT2D eigenvalue weighted by Crippen LogP contribution is 2.25. The number of esters is 1. The van der Waals surface area contributed by atoms with Crippen molar-refractivity contribution in [2.75, 3.05) is 25.6 Å². The maximum absolute atomic E-state index is 11.9. The number of pyridine rings is 1. The second kappa shape index (κ2) is 9.95. The number of hydrogen-bond donors (Lipinski definition) is 1. The third-order valence-corrected chi connectivity index (χ3v) is 3.66. The molecule has 2 aromatic rings. The zero-order valence-corrected chi connectivity index (χ0v) is 15.1. The summed E-state index contributed by atoms with van der Waals surface area (Å²) in [6.07, 6.45) is 1.83. The van der Waals surface area contributed by atoms with Gasteiger partial charge in [0.1, 0.15) is 18.6 Å². The number of anilines is 1. The predicted octanol–water partition coefficient (Wildman–Crippen LogP) is 2.81. The minimum Gasteiger partial charge on any atom is -0.493 e. The fourth-order valence-electron chi connectivity index (χ4n) is 2.16. The molecule has 0 aliphatic rings. The molecule has 1 unspecified atom stereocenters. The minimum atomic E-state index is -0.516. The first-order valence-electron chi connectivity index (χ1n) is 8.32. The van der Waals surface area contributed by atoms with Gasteiger partial charge in [0.25, 0.3) is 5.69 Å². The van der Waals surface area contributed by atoms with E-state index in [1.165, 1.54) is 25.4 Å². The van der Waals surface area contributed by atoms with Gasteiger partial charge in [-0.05, 0) is 24.6 Å². The molecule has 9 heteroatoms. The van der Waals surface area contributed by atoms with Gasteiger partial charge in [0.15, 0.2) is 18.1 Å². The van der Waals surface area contributed by atoms with Crippen molar-refractivity contribution in [1.82, 2.24) is 4.98 Å². The molecule has 144 valence electrons. The Bertz CT molecular complexity index is 766. The number of methoxy groups -OCH3 is 1. The quantitative estimate of drug-likeness (QED) is 0.383. The lowest BCUT2D eigenvalue weighted by Crippen LogP contribution is -2.28. The van der Waals surface area contributed by atoms with E-state index in [1.807, 2.05) is 6.92 Å². The van der Waals surface area contributed by atoms with Crippen LogP contribution in [0.2, 0.25) is 0 Å². The highest BCUT2D eigenvalue weighted by Gasteiger charge is 2.13. The van der Waals surface area contributed by atoms with Gasteiger partial charge in [-0.25, -0.2) is 9.78 Å². The summed E-state index contributed by atoms with van der Waals surface area (Å²) in [7, 11) is 1.52. The molecule has 1 aromatic heterocycles. The van der Waals surface area contributed by atoms with Crippen molar-refractivity contribution < 1.29 is 23.9 Å². The van der Waals surface area contributed by atoms with E-state index in [2.05, 4.69) is 10.3 Å². The SMILES string of the molecule is CCC(COC(=O)COc1ccccc1OC)Nc1ccc([N+](=O)[O-])cn1. The maximum atomic E-state index is 11.9. The average Bonchev–Trinajstić information content (AvgIpc) is 2.70. The maximum Gasteiger partial charge on any atom is 0.344 e. The molecule has 1 N–H and O–H groups in total. The summed E-state index contributed by atoms with van der Waals surface area (Å²) in [5, 5.41) is 13.7. The number of rotatable bonds is 10. The topological polar surface area (TPSA) is 113 Å². The van der Waals surface area contributed by atoms with Crippen LogP contribution in [0.1, 0.15) is 13.3 Å². The zero-order chi connectivity index (χ0) is 19.6. The van der Waals surface area contributed by atoms with E-state index in [0.29, 0.717) is 23.7 Å². The van der Waals surface area contributed by atoms with Crippen LogP contribution in [-0.4, -0.2) is 42.2 Å². The molecule has 2 rings (SSSR count). The molecule has 0 radical (unpaired) electrons. The molecule has 9 nitrogen and oxygen atoms in total. The van der Waals surface area contributed by atoms with Crippen LogP contribution in [-0.2, 0) is 9.53 Å². The van der Waals surface area contributed by atoms with E-state index in [1.54, 1.807) is 24.3 Å². The zero-order valence-electron chi connectivity index (χ0n) is 15.1. The van der Waals surface area contributed by atoms with E-state index in [4.69, 9.17) is 14.2 Å². The molecule has 0 spiro atoms. The van der Waals surface area contributed by atoms with E-state index < -0.39 is 10.9 Å². The molecule has 0 saturated heterocycles. The van der Waals surface area contributed by atoms with Gasteiger partial charge in [-0.15, -0.1) is 0 Å². The smallest absolute Gasteiger partial charge is 0.344 e. The second-order valence-corrected chi connectivity index (χ2v) is 5.53. The number of ether oxygens (including phenoxy) is 3. The van der Waals surface area contributed by atoms with Crippen molar-refractivity contribution >= 4 is 17.5 Å². The molecule has 0 aliphatic carbocycles. The van der Waals surface area contributed by atoms with Gasteiger partial charge in [0.2, 0.25) is 0 Å². The van der Waals surface area contributed by atoms with Crippen LogP contribution in [0.15, 0.2) is 42.6 Å². The Labute approximate surface area is 156 Å². The first-order valence-corrected chi connectivity index (χ1v) is 8.32. The summed E-state index contributed by atoms with van der Waals surface area (Å²) in [6, 6.07) is 9.68. The summed E-state index contributed by atoms with van der Waals surface area (Å²) in [4.78, 5) is 26.0. The standard InChI is InChI=1S/C18H21N3O6/c1-3-13(20-17-9-8-14(10-19-17)21(23)24)11-27-18(22)12-26-16-7-5-4-6-15(16)25-2/h4-10,13H,3,11-12H2,1-2H3,(H,19,20). The number of hydrogen-bond acceptors (Lipinski definition) is 8. The molecule has 1 aromatic carbocycles. The molecule has 0 bridgehead atoms. The molecule has 0 aliphatic heterocycles. The molecule has 0 saturated carbocycles. The van der Waals surface area contributed by atoms with Gasteiger partial charge in [-0.3, -0.25) is 10.1 Å². The number of nitro groups is 1. The molecular weight excluding hydrogens is 354 g/mol. The summed E-state index contributed by atoms with van der Waals surface area (Å²) in [5.41, 5.74) is -0.0893. The first-order chi connectivity index (χ1) is 13.0. The number of nitrogens with one attached hydrogen (secondary N) is 1. The highest BCUT2D eigenvalue weighted by atomic mass is 16.6. The third kappa shape index (κ3) is 6.14.